The number of anilines is 2. The van der Waals surface area contributed by atoms with E-state index in [9.17, 15) is 18.7 Å². The number of ether oxygens (including phenoxy) is 1. The minimum absolute atomic E-state index is 0.0760. The number of benzene rings is 2. The first-order valence-corrected chi connectivity index (χ1v) is 12.5. The Kier molecular flexibility index (Phi) is 5.99. The molecule has 0 radical (unpaired) electrons. The fourth-order valence-electron chi connectivity index (χ4n) is 5.48. The quantitative estimate of drug-likeness (QED) is 0.503. The van der Waals surface area contributed by atoms with Gasteiger partial charge in [-0.1, -0.05) is 18.2 Å². The molecule has 1 amide bonds. The molecule has 2 aliphatic heterocycles. The standard InChI is InChI=1S/C28H32F2N4O3/c1-16(18-7-6-8-19(13-18)28(29,30)26(3,4)36)31-24-21-15-23-22(14-20(21)17(2)32-33-24)27(25(35)34(23)5)9-11-37-12-10-27/h6-8,13-16,36H,9-12H2,1-5H3,(H,31,33)/t16-/m1/s1. The molecule has 0 saturated carbocycles. The average molecular weight is 511 g/mol. The smallest absolute Gasteiger partial charge is 0.300 e. The predicted octanol–water partition coefficient (Wildman–Crippen LogP) is 5.00. The van der Waals surface area contributed by atoms with E-state index in [1.54, 1.807) is 24.1 Å². The van der Waals surface area contributed by atoms with E-state index < -0.39 is 16.9 Å². The van der Waals surface area contributed by atoms with Crippen molar-refractivity contribution in [2.75, 3.05) is 30.5 Å². The van der Waals surface area contributed by atoms with Crippen LogP contribution in [0, 0.1) is 6.92 Å². The Morgan fingerprint density at radius 1 is 1.14 bits per heavy atom. The zero-order chi connectivity index (χ0) is 26.8. The first-order chi connectivity index (χ1) is 17.4. The number of carbonyl (C=O) groups is 1. The summed E-state index contributed by atoms with van der Waals surface area (Å²) in [6.45, 7) is 7.02. The molecule has 1 fully saturated rings. The van der Waals surface area contributed by atoms with Crippen molar-refractivity contribution in [3.8, 4) is 0 Å². The van der Waals surface area contributed by atoms with Gasteiger partial charge in [-0.25, -0.2) is 0 Å². The van der Waals surface area contributed by atoms with Crippen LogP contribution in [-0.4, -0.2) is 47.1 Å². The summed E-state index contributed by atoms with van der Waals surface area (Å²) in [7, 11) is 1.79. The number of aryl methyl sites for hydroxylation is 1. The lowest BCUT2D eigenvalue weighted by molar-refractivity contribution is -0.168. The molecule has 0 unspecified atom stereocenters. The Balaban J connectivity index is 1.54. The van der Waals surface area contributed by atoms with E-state index in [-0.39, 0.29) is 17.5 Å². The average Bonchev–Trinajstić information content (AvgIpc) is 3.06. The molecule has 3 heterocycles. The molecular formula is C28H32F2N4O3. The number of alkyl halides is 2. The van der Waals surface area contributed by atoms with E-state index in [2.05, 4.69) is 21.6 Å². The van der Waals surface area contributed by atoms with Crippen LogP contribution in [0.2, 0.25) is 0 Å². The zero-order valence-corrected chi connectivity index (χ0v) is 21.7. The number of hydrogen-bond acceptors (Lipinski definition) is 6. The van der Waals surface area contributed by atoms with Gasteiger partial charge in [0.1, 0.15) is 5.60 Å². The lowest BCUT2D eigenvalue weighted by Crippen LogP contribution is -2.42. The van der Waals surface area contributed by atoms with Gasteiger partial charge in [0.2, 0.25) is 5.91 Å². The molecule has 5 rings (SSSR count). The summed E-state index contributed by atoms with van der Waals surface area (Å²) in [6, 6.07) is 9.68. The normalized spacial score (nSPS) is 18.4. The SMILES string of the molecule is Cc1nnc(N[C@H](C)c2cccc(C(F)(F)C(C)(C)O)c2)c2cc3c(cc12)C1(CCOCC1)C(=O)N3C. The summed E-state index contributed by atoms with van der Waals surface area (Å²) in [6.07, 6.45) is 1.28. The Morgan fingerprint density at radius 2 is 1.84 bits per heavy atom. The maximum absolute atomic E-state index is 14.8. The van der Waals surface area contributed by atoms with E-state index in [1.807, 2.05) is 19.9 Å². The van der Waals surface area contributed by atoms with Crippen LogP contribution < -0.4 is 10.2 Å². The summed E-state index contributed by atoms with van der Waals surface area (Å²) in [5.74, 6) is -2.84. The predicted molar refractivity (Wildman–Crippen MR) is 138 cm³/mol. The van der Waals surface area contributed by atoms with Crippen LogP contribution in [0.5, 0.6) is 0 Å². The van der Waals surface area contributed by atoms with Crippen molar-refractivity contribution < 1.29 is 23.4 Å². The Morgan fingerprint density at radius 3 is 2.51 bits per heavy atom. The highest BCUT2D eigenvalue weighted by Crippen LogP contribution is 2.49. The number of aliphatic hydroxyl groups is 1. The van der Waals surface area contributed by atoms with Crippen molar-refractivity contribution in [2.24, 2.45) is 0 Å². The van der Waals surface area contributed by atoms with Crippen LogP contribution in [0.25, 0.3) is 10.8 Å². The number of aromatic nitrogens is 2. The second kappa shape index (κ2) is 8.70. The summed E-state index contributed by atoms with van der Waals surface area (Å²) < 4.78 is 35.2. The van der Waals surface area contributed by atoms with Gasteiger partial charge in [0.05, 0.1) is 17.2 Å². The molecule has 196 valence electrons. The van der Waals surface area contributed by atoms with E-state index in [4.69, 9.17) is 4.74 Å². The van der Waals surface area contributed by atoms with Gasteiger partial charge >= 0.3 is 5.92 Å². The Bertz CT molecular complexity index is 1380. The van der Waals surface area contributed by atoms with E-state index >= 15 is 0 Å². The number of hydrogen-bond donors (Lipinski definition) is 2. The maximum atomic E-state index is 14.8. The minimum atomic E-state index is -3.42. The monoisotopic (exact) mass is 510 g/mol. The van der Waals surface area contributed by atoms with Gasteiger partial charge in [0, 0.05) is 42.3 Å². The highest BCUT2D eigenvalue weighted by atomic mass is 19.3. The summed E-state index contributed by atoms with van der Waals surface area (Å²) >= 11 is 0. The van der Waals surface area contributed by atoms with Crippen LogP contribution in [-0.2, 0) is 20.9 Å². The number of nitrogens with zero attached hydrogens (tertiary/aromatic N) is 3. The van der Waals surface area contributed by atoms with E-state index in [0.29, 0.717) is 37.4 Å². The maximum Gasteiger partial charge on any atom is 0.300 e. The van der Waals surface area contributed by atoms with Gasteiger partial charge < -0.3 is 20.1 Å². The van der Waals surface area contributed by atoms with E-state index in [0.717, 1.165) is 41.6 Å². The van der Waals surface area contributed by atoms with Crippen molar-refractivity contribution in [2.45, 2.75) is 63.5 Å². The third-order valence-corrected chi connectivity index (χ3v) is 7.89. The molecule has 1 spiro atoms. The fraction of sp³-hybridized carbons (Fsp3) is 0.464. The van der Waals surface area contributed by atoms with Crippen molar-refractivity contribution >= 4 is 28.2 Å². The number of carbonyl (C=O) groups excluding carboxylic acids is 1. The molecule has 7 nitrogen and oxygen atoms in total. The number of nitrogens with one attached hydrogen (secondary N) is 1. The molecule has 2 aromatic carbocycles. The zero-order valence-electron chi connectivity index (χ0n) is 21.7. The Hall–Kier alpha value is -3.17. The number of amides is 1. The number of likely N-dealkylation sites (N-methyl/N-ethyl adjacent to an activating group) is 1. The molecule has 2 aliphatic rings. The largest absolute Gasteiger partial charge is 0.384 e. The summed E-state index contributed by atoms with van der Waals surface area (Å²) in [4.78, 5) is 15.1. The second-order valence-electron chi connectivity index (χ2n) is 10.7. The van der Waals surface area contributed by atoms with Crippen LogP contribution in [0.1, 0.15) is 62.0 Å². The third kappa shape index (κ3) is 3.95. The third-order valence-electron chi connectivity index (χ3n) is 7.89. The summed E-state index contributed by atoms with van der Waals surface area (Å²) in [5.41, 5.74) is 0.150. The van der Waals surface area contributed by atoms with Gasteiger partial charge in [-0.3, -0.25) is 4.79 Å². The summed E-state index contributed by atoms with van der Waals surface area (Å²) in [5, 5.41) is 23.8. The number of fused-ring (bicyclic) bond motifs is 3. The molecule has 0 bridgehead atoms. The first kappa shape index (κ1) is 25.5. The second-order valence-corrected chi connectivity index (χ2v) is 10.7. The highest BCUT2D eigenvalue weighted by molar-refractivity contribution is 6.11. The van der Waals surface area contributed by atoms with Crippen molar-refractivity contribution in [1.82, 2.24) is 10.2 Å². The lowest BCUT2D eigenvalue weighted by atomic mass is 9.74. The minimum Gasteiger partial charge on any atom is -0.384 e. The molecule has 37 heavy (non-hydrogen) atoms. The van der Waals surface area contributed by atoms with Crippen molar-refractivity contribution in [1.29, 1.82) is 0 Å². The number of rotatable bonds is 5. The topological polar surface area (TPSA) is 87.6 Å². The van der Waals surface area contributed by atoms with E-state index in [1.165, 1.54) is 12.1 Å². The highest BCUT2D eigenvalue weighted by Gasteiger charge is 2.50. The van der Waals surface area contributed by atoms with Crippen LogP contribution in [0.3, 0.4) is 0 Å². The first-order valence-electron chi connectivity index (χ1n) is 12.5. The number of halogens is 2. The van der Waals surface area contributed by atoms with Crippen LogP contribution >= 0.6 is 0 Å². The molecular weight excluding hydrogens is 478 g/mol. The molecule has 0 aliphatic carbocycles. The van der Waals surface area contributed by atoms with Gasteiger partial charge in [-0.15, -0.1) is 5.10 Å². The molecule has 3 aromatic rings. The molecule has 9 heteroatoms. The van der Waals surface area contributed by atoms with Gasteiger partial charge in [0.25, 0.3) is 0 Å². The van der Waals surface area contributed by atoms with Crippen LogP contribution in [0.4, 0.5) is 20.3 Å². The van der Waals surface area contributed by atoms with Crippen molar-refractivity contribution in [3.05, 3.63) is 58.8 Å². The van der Waals surface area contributed by atoms with Gasteiger partial charge in [0.15, 0.2) is 5.82 Å². The molecule has 1 atom stereocenters. The van der Waals surface area contributed by atoms with Gasteiger partial charge in [-0.2, -0.15) is 13.9 Å². The van der Waals surface area contributed by atoms with Crippen LogP contribution in [0.15, 0.2) is 36.4 Å². The molecule has 1 saturated heterocycles. The molecule has 1 aromatic heterocycles. The fourth-order valence-corrected chi connectivity index (χ4v) is 5.48. The van der Waals surface area contributed by atoms with Gasteiger partial charge in [-0.05, 0) is 69.9 Å². The van der Waals surface area contributed by atoms with Crippen molar-refractivity contribution in [3.63, 3.8) is 0 Å². The molecule has 2 N–H and O–H groups in total. The Labute approximate surface area is 214 Å². The lowest BCUT2D eigenvalue weighted by Gasteiger charge is -2.32.